The number of carbonyl (C=O) groups excluding carboxylic acids is 1. The predicted molar refractivity (Wildman–Crippen MR) is 154 cm³/mol. The zero-order valence-electron chi connectivity index (χ0n) is 20.9. The summed E-state index contributed by atoms with van der Waals surface area (Å²) in [5, 5.41) is 5.34. The van der Waals surface area contributed by atoms with Crippen molar-refractivity contribution in [2.45, 2.75) is 44.7 Å². The summed E-state index contributed by atoms with van der Waals surface area (Å²) in [7, 11) is 0. The molecule has 0 saturated heterocycles. The van der Waals surface area contributed by atoms with Crippen molar-refractivity contribution in [1.29, 1.82) is 0 Å². The van der Waals surface area contributed by atoms with E-state index in [0.717, 1.165) is 63.9 Å². The average Bonchev–Trinajstić information content (AvgIpc) is 3.27. The van der Waals surface area contributed by atoms with Gasteiger partial charge in [-0.25, -0.2) is 10.4 Å². The van der Waals surface area contributed by atoms with Gasteiger partial charge in [0.15, 0.2) is 5.16 Å². The Kier molecular flexibility index (Phi) is 7.67. The summed E-state index contributed by atoms with van der Waals surface area (Å²) >= 11 is 2.87. The van der Waals surface area contributed by atoms with E-state index in [1.165, 1.54) is 16.6 Å². The highest BCUT2D eigenvalue weighted by Crippen LogP contribution is 2.35. The Bertz CT molecular complexity index is 1550. The first kappa shape index (κ1) is 25.2. The standard InChI is InChI=1S/C29H28N4O2S2/c1-19-12-14-22(15-13-19)33-28(35)26-23-10-6-7-11-24(23)37-27(26)31-29(33)36-18-25(34)32-30-17-20(2)16-21-8-4-3-5-9-21/h3-5,8-9,12-17H,6-7,10-11,18H2,1-2H3,(H,32,34)/b20-16+,30-17+. The minimum absolute atomic E-state index is 0.0594. The second-order valence-electron chi connectivity index (χ2n) is 9.14. The fourth-order valence-corrected chi connectivity index (χ4v) is 6.53. The number of allylic oxidation sites excluding steroid dienone is 1. The molecule has 0 saturated carbocycles. The summed E-state index contributed by atoms with van der Waals surface area (Å²) in [5.74, 6) is -0.169. The Balaban J connectivity index is 1.38. The number of fused-ring (bicyclic) bond motifs is 3. The number of thiophene rings is 1. The molecule has 37 heavy (non-hydrogen) atoms. The highest BCUT2D eigenvalue weighted by molar-refractivity contribution is 7.99. The van der Waals surface area contributed by atoms with Crippen LogP contribution in [0.2, 0.25) is 0 Å². The number of amides is 1. The number of aryl methyl sites for hydroxylation is 3. The third-order valence-electron chi connectivity index (χ3n) is 6.23. The minimum Gasteiger partial charge on any atom is -0.272 e. The molecule has 1 N–H and O–H groups in total. The Labute approximate surface area is 224 Å². The summed E-state index contributed by atoms with van der Waals surface area (Å²) in [6, 6.07) is 17.8. The van der Waals surface area contributed by atoms with Gasteiger partial charge in [-0.05, 0) is 68.4 Å². The van der Waals surface area contributed by atoms with E-state index in [1.54, 1.807) is 22.1 Å². The molecule has 1 aliphatic rings. The Morgan fingerprint density at radius 1 is 1.14 bits per heavy atom. The van der Waals surface area contributed by atoms with Crippen molar-refractivity contribution in [3.05, 3.63) is 92.1 Å². The quantitative estimate of drug-likeness (QED) is 0.140. The number of benzene rings is 2. The van der Waals surface area contributed by atoms with Gasteiger partial charge < -0.3 is 0 Å². The van der Waals surface area contributed by atoms with Gasteiger partial charge in [-0.3, -0.25) is 14.2 Å². The number of thioether (sulfide) groups is 1. The smallest absolute Gasteiger partial charge is 0.267 e. The highest BCUT2D eigenvalue weighted by atomic mass is 32.2. The van der Waals surface area contributed by atoms with Gasteiger partial charge in [0.25, 0.3) is 11.5 Å². The van der Waals surface area contributed by atoms with Crippen molar-refractivity contribution >= 4 is 51.5 Å². The molecular formula is C29H28N4O2S2. The lowest BCUT2D eigenvalue weighted by atomic mass is 9.97. The van der Waals surface area contributed by atoms with Gasteiger partial charge in [-0.15, -0.1) is 11.3 Å². The second-order valence-corrected chi connectivity index (χ2v) is 11.2. The molecule has 2 aromatic heterocycles. The molecule has 1 aliphatic carbocycles. The summed E-state index contributed by atoms with van der Waals surface area (Å²) in [6.45, 7) is 3.94. The van der Waals surface area contributed by atoms with Gasteiger partial charge in [0, 0.05) is 4.88 Å². The van der Waals surface area contributed by atoms with Crippen molar-refractivity contribution in [1.82, 2.24) is 15.0 Å². The first-order chi connectivity index (χ1) is 18.0. The van der Waals surface area contributed by atoms with E-state index >= 15 is 0 Å². The largest absolute Gasteiger partial charge is 0.272 e. The molecule has 188 valence electrons. The molecule has 0 fully saturated rings. The molecule has 2 aromatic carbocycles. The van der Waals surface area contributed by atoms with Gasteiger partial charge in [0.1, 0.15) is 4.83 Å². The summed E-state index contributed by atoms with van der Waals surface area (Å²) in [5.41, 5.74) is 7.54. The average molecular weight is 529 g/mol. The molecule has 1 amide bonds. The second kappa shape index (κ2) is 11.3. The maximum absolute atomic E-state index is 13.8. The monoisotopic (exact) mass is 528 g/mol. The number of carbonyl (C=O) groups is 1. The molecule has 0 radical (unpaired) electrons. The fraction of sp³-hybridized carbons (Fsp3) is 0.241. The molecular weight excluding hydrogens is 500 g/mol. The zero-order chi connectivity index (χ0) is 25.8. The van der Waals surface area contributed by atoms with Crippen LogP contribution in [0.1, 0.15) is 41.3 Å². The van der Waals surface area contributed by atoms with Gasteiger partial charge >= 0.3 is 0 Å². The Hall–Kier alpha value is -3.49. The van der Waals surface area contributed by atoms with E-state index in [0.29, 0.717) is 5.16 Å². The van der Waals surface area contributed by atoms with Crippen LogP contribution >= 0.6 is 23.1 Å². The number of hydrogen-bond acceptors (Lipinski definition) is 6. The van der Waals surface area contributed by atoms with E-state index in [9.17, 15) is 9.59 Å². The minimum atomic E-state index is -0.260. The molecule has 0 unspecified atom stereocenters. The molecule has 6 nitrogen and oxygen atoms in total. The molecule has 8 heteroatoms. The SMILES string of the molecule is CC(/C=N/NC(=O)CSc1nc2sc3c(c2c(=O)n1-c1ccc(C)cc1)CCCC3)=C\c1ccccc1. The molecule has 2 heterocycles. The van der Waals surface area contributed by atoms with Gasteiger partial charge in [0.05, 0.1) is 23.0 Å². The van der Waals surface area contributed by atoms with Crippen molar-refractivity contribution in [2.24, 2.45) is 5.10 Å². The summed E-state index contributed by atoms with van der Waals surface area (Å²) < 4.78 is 1.65. The van der Waals surface area contributed by atoms with Crippen LogP contribution in [0.5, 0.6) is 0 Å². The number of hydrogen-bond donors (Lipinski definition) is 1. The Morgan fingerprint density at radius 2 is 1.89 bits per heavy atom. The van der Waals surface area contributed by atoms with Crippen molar-refractivity contribution in [2.75, 3.05) is 5.75 Å². The van der Waals surface area contributed by atoms with E-state index in [2.05, 4.69) is 10.5 Å². The van der Waals surface area contributed by atoms with Crippen molar-refractivity contribution in [3.63, 3.8) is 0 Å². The lowest BCUT2D eigenvalue weighted by Crippen LogP contribution is -2.24. The summed E-state index contributed by atoms with van der Waals surface area (Å²) in [6.07, 6.45) is 7.78. The summed E-state index contributed by atoms with van der Waals surface area (Å²) in [4.78, 5) is 33.3. The molecule has 0 aliphatic heterocycles. The molecule has 0 spiro atoms. The third-order valence-corrected chi connectivity index (χ3v) is 8.36. The van der Waals surface area contributed by atoms with E-state index < -0.39 is 0 Å². The number of nitrogens with one attached hydrogen (secondary N) is 1. The molecule has 4 aromatic rings. The topological polar surface area (TPSA) is 76.3 Å². The van der Waals surface area contributed by atoms with E-state index in [1.807, 2.05) is 74.5 Å². The zero-order valence-corrected chi connectivity index (χ0v) is 22.5. The molecule has 0 atom stereocenters. The maximum atomic E-state index is 13.8. The third kappa shape index (κ3) is 5.76. The highest BCUT2D eigenvalue weighted by Gasteiger charge is 2.23. The van der Waals surface area contributed by atoms with Crippen LogP contribution < -0.4 is 11.0 Å². The maximum Gasteiger partial charge on any atom is 0.267 e. The van der Waals surface area contributed by atoms with Crippen LogP contribution in [0.15, 0.2) is 75.2 Å². The first-order valence-electron chi connectivity index (χ1n) is 12.3. The van der Waals surface area contributed by atoms with Crippen LogP contribution in [0, 0.1) is 6.92 Å². The van der Waals surface area contributed by atoms with E-state index in [-0.39, 0.29) is 17.2 Å². The first-order valence-corrected chi connectivity index (χ1v) is 14.1. The molecule has 0 bridgehead atoms. The number of aromatic nitrogens is 2. The lowest BCUT2D eigenvalue weighted by molar-refractivity contribution is -0.118. The van der Waals surface area contributed by atoms with Gasteiger partial charge in [0.2, 0.25) is 0 Å². The van der Waals surface area contributed by atoms with Crippen LogP contribution in [0.3, 0.4) is 0 Å². The van der Waals surface area contributed by atoms with E-state index in [4.69, 9.17) is 4.98 Å². The van der Waals surface area contributed by atoms with Crippen LogP contribution in [-0.4, -0.2) is 27.4 Å². The number of hydrazone groups is 1. The normalized spacial score (nSPS) is 13.7. The van der Waals surface area contributed by atoms with Crippen molar-refractivity contribution in [3.8, 4) is 5.69 Å². The van der Waals surface area contributed by atoms with Crippen LogP contribution in [-0.2, 0) is 17.6 Å². The van der Waals surface area contributed by atoms with Crippen LogP contribution in [0.4, 0.5) is 0 Å². The molecule has 5 rings (SSSR count). The number of rotatable bonds is 7. The number of nitrogens with zero attached hydrogens (tertiary/aromatic N) is 3. The van der Waals surface area contributed by atoms with Crippen molar-refractivity contribution < 1.29 is 4.79 Å². The lowest BCUT2D eigenvalue weighted by Gasteiger charge is -2.13. The predicted octanol–water partition coefficient (Wildman–Crippen LogP) is 5.93. The fourth-order valence-electron chi connectivity index (χ4n) is 4.42. The Morgan fingerprint density at radius 3 is 2.68 bits per heavy atom. The van der Waals surface area contributed by atoms with Gasteiger partial charge in [-0.2, -0.15) is 5.10 Å². The van der Waals surface area contributed by atoms with Crippen LogP contribution in [0.25, 0.3) is 22.0 Å². The van der Waals surface area contributed by atoms with Gasteiger partial charge in [-0.1, -0.05) is 65.9 Å².